The van der Waals surface area contributed by atoms with Gasteiger partial charge in [0, 0.05) is 38.3 Å². The van der Waals surface area contributed by atoms with Crippen LogP contribution in [0.5, 0.6) is 0 Å². The van der Waals surface area contributed by atoms with Crippen LogP contribution < -0.4 is 0 Å². The highest BCUT2D eigenvalue weighted by molar-refractivity contribution is 14.1. The zero-order valence-electron chi connectivity index (χ0n) is 13.3. The topological polar surface area (TPSA) is 22.0 Å². The number of aryl methyl sites for hydroxylation is 1. The first kappa shape index (κ1) is 17.1. The minimum absolute atomic E-state index is 0.0544. The summed E-state index contributed by atoms with van der Waals surface area (Å²) in [6, 6.07) is 15.6. The molecule has 124 valence electrons. The van der Waals surface area contributed by atoms with Gasteiger partial charge in [-0.1, -0.05) is 30.3 Å². The number of benzene rings is 2. The summed E-state index contributed by atoms with van der Waals surface area (Å²) >= 11 is 2.20. The predicted octanol–water partition coefficient (Wildman–Crippen LogP) is 5.62. The second-order valence-corrected chi connectivity index (χ2v) is 6.97. The van der Waals surface area contributed by atoms with Crippen LogP contribution in [-0.4, -0.2) is 17.0 Å². The van der Waals surface area contributed by atoms with Gasteiger partial charge in [-0.05, 0) is 60.1 Å². The summed E-state index contributed by atoms with van der Waals surface area (Å²) in [7, 11) is 0. The molecule has 3 aromatic rings. The van der Waals surface area contributed by atoms with Gasteiger partial charge in [-0.25, -0.2) is 0 Å². The first-order chi connectivity index (χ1) is 11.7. The van der Waals surface area contributed by atoms with Crippen LogP contribution in [0.3, 0.4) is 0 Å². The van der Waals surface area contributed by atoms with E-state index < -0.39 is 0 Å². The molecule has 0 aliphatic heterocycles. The van der Waals surface area contributed by atoms with E-state index >= 15 is 0 Å². The number of rotatable bonds is 7. The minimum Gasteiger partial charge on any atom is -0.347 e. The van der Waals surface area contributed by atoms with E-state index in [1.165, 1.54) is 0 Å². The van der Waals surface area contributed by atoms with Crippen LogP contribution in [0.25, 0.3) is 10.9 Å². The maximum Gasteiger partial charge on any atom is 0.196 e. The standard InChI is InChI=1S/C20H19FINO/c21-12-6-1-7-13-23-14-17(15-8-3-5-11-19(15)23)20(24)16-9-2-4-10-18(16)22/h2-5,8-11,14H,1,6-7,12-13H2/i21-1. The second-order valence-electron chi connectivity index (χ2n) is 5.81. The first-order valence-corrected chi connectivity index (χ1v) is 9.23. The molecule has 24 heavy (non-hydrogen) atoms. The van der Waals surface area contributed by atoms with Crippen molar-refractivity contribution in [3.63, 3.8) is 0 Å². The number of aromatic nitrogens is 1. The highest BCUT2D eigenvalue weighted by atomic mass is 127. The van der Waals surface area contributed by atoms with Gasteiger partial charge >= 0.3 is 0 Å². The molecule has 2 nitrogen and oxygen atoms in total. The number of ketones is 1. The van der Waals surface area contributed by atoms with Crippen LogP contribution in [0.15, 0.2) is 54.7 Å². The molecule has 0 aliphatic rings. The van der Waals surface area contributed by atoms with E-state index in [-0.39, 0.29) is 12.5 Å². The van der Waals surface area contributed by atoms with Gasteiger partial charge < -0.3 is 4.57 Å². The highest BCUT2D eigenvalue weighted by Gasteiger charge is 2.18. The van der Waals surface area contributed by atoms with E-state index in [0.29, 0.717) is 6.42 Å². The molecule has 3 rings (SSSR count). The van der Waals surface area contributed by atoms with E-state index in [1.54, 1.807) is 0 Å². The fourth-order valence-electron chi connectivity index (χ4n) is 2.96. The summed E-state index contributed by atoms with van der Waals surface area (Å²) in [5, 5.41) is 0.979. The zero-order valence-corrected chi connectivity index (χ0v) is 15.5. The van der Waals surface area contributed by atoms with Gasteiger partial charge in [-0.15, -0.1) is 0 Å². The Morgan fingerprint density at radius 3 is 2.50 bits per heavy atom. The van der Waals surface area contributed by atoms with Gasteiger partial charge in [0.25, 0.3) is 0 Å². The Morgan fingerprint density at radius 2 is 1.71 bits per heavy atom. The molecule has 0 spiro atoms. The lowest BCUT2D eigenvalue weighted by Gasteiger charge is -2.04. The van der Waals surface area contributed by atoms with Crippen LogP contribution >= 0.6 is 22.6 Å². The maximum atomic E-state index is 13.0. The molecule has 0 atom stereocenters. The van der Waals surface area contributed by atoms with Crippen molar-refractivity contribution >= 4 is 39.3 Å². The predicted molar refractivity (Wildman–Crippen MR) is 104 cm³/mol. The monoisotopic (exact) mass is 434 g/mol. The molecule has 0 saturated carbocycles. The lowest BCUT2D eigenvalue weighted by molar-refractivity contribution is 0.103. The fourth-order valence-corrected chi connectivity index (χ4v) is 3.59. The normalized spacial score (nSPS) is 11.1. The quantitative estimate of drug-likeness (QED) is 0.269. The van der Waals surface area contributed by atoms with Gasteiger partial charge in [0.2, 0.25) is 0 Å². The van der Waals surface area contributed by atoms with Crippen molar-refractivity contribution in [3.05, 3.63) is 69.4 Å². The van der Waals surface area contributed by atoms with Crippen molar-refractivity contribution in [1.29, 1.82) is 0 Å². The molecule has 0 unspecified atom stereocenters. The van der Waals surface area contributed by atoms with Gasteiger partial charge in [-0.2, -0.15) is 0 Å². The molecule has 4 heteroatoms. The van der Waals surface area contributed by atoms with Crippen LogP contribution in [0, 0.1) is 3.57 Å². The summed E-state index contributed by atoms with van der Waals surface area (Å²) in [6.07, 6.45) is 4.33. The third-order valence-electron chi connectivity index (χ3n) is 4.18. The summed E-state index contributed by atoms with van der Waals surface area (Å²) < 4.78 is 15.3. The van der Waals surface area contributed by atoms with Crippen LogP contribution in [0.1, 0.15) is 35.2 Å². The fraction of sp³-hybridized carbons (Fsp3) is 0.250. The van der Waals surface area contributed by atoms with Crippen molar-refractivity contribution in [2.45, 2.75) is 25.8 Å². The average Bonchev–Trinajstić information content (AvgIpc) is 2.98. The van der Waals surface area contributed by atoms with Crippen molar-refractivity contribution in [2.75, 3.05) is 6.67 Å². The molecule has 0 fully saturated rings. The molecule has 0 aliphatic carbocycles. The molecule has 1 heterocycles. The van der Waals surface area contributed by atoms with Gasteiger partial charge in [0.15, 0.2) is 5.78 Å². The first-order valence-electron chi connectivity index (χ1n) is 8.15. The number of hydrogen-bond acceptors (Lipinski definition) is 1. The SMILES string of the molecule is O=C(c1ccccc1I)c1cn(CCCCC[18F])c2ccccc12. The lowest BCUT2D eigenvalue weighted by Crippen LogP contribution is -2.03. The van der Waals surface area contributed by atoms with Gasteiger partial charge in [-0.3, -0.25) is 9.18 Å². The number of para-hydroxylation sites is 1. The van der Waals surface area contributed by atoms with Gasteiger partial charge in [0.05, 0.1) is 6.67 Å². The maximum absolute atomic E-state index is 13.0. The Labute approximate surface area is 154 Å². The molecular formula is C20H19FINO. The Kier molecular flexibility index (Phi) is 5.66. The van der Waals surface area contributed by atoms with Crippen LogP contribution in [0.2, 0.25) is 0 Å². The summed E-state index contributed by atoms with van der Waals surface area (Å²) in [4.78, 5) is 13.0. The summed E-state index contributed by atoms with van der Waals surface area (Å²) in [6.45, 7) is 0.544. The van der Waals surface area contributed by atoms with E-state index in [0.717, 1.165) is 45.0 Å². The molecule has 0 N–H and O–H groups in total. The molecule has 2 aromatic carbocycles. The van der Waals surface area contributed by atoms with E-state index in [2.05, 4.69) is 27.2 Å². The van der Waals surface area contributed by atoms with Gasteiger partial charge in [0.1, 0.15) is 0 Å². The van der Waals surface area contributed by atoms with E-state index in [9.17, 15) is 9.18 Å². The van der Waals surface area contributed by atoms with Crippen molar-refractivity contribution in [3.8, 4) is 0 Å². The Bertz CT molecular complexity index is 856. The number of carbonyl (C=O) groups is 1. The number of unbranched alkanes of at least 4 members (excludes halogenated alkanes) is 2. The van der Waals surface area contributed by atoms with E-state index in [1.807, 2.05) is 54.7 Å². The number of nitrogens with zero attached hydrogens (tertiary/aromatic N) is 1. The Morgan fingerprint density at radius 1 is 0.958 bits per heavy atom. The molecule has 0 amide bonds. The van der Waals surface area contributed by atoms with Crippen LogP contribution in [0.4, 0.5) is 4.39 Å². The lowest BCUT2D eigenvalue weighted by atomic mass is 10.0. The van der Waals surface area contributed by atoms with Crippen LogP contribution in [-0.2, 0) is 6.54 Å². The highest BCUT2D eigenvalue weighted by Crippen LogP contribution is 2.26. The van der Waals surface area contributed by atoms with Crippen molar-refractivity contribution in [2.24, 2.45) is 0 Å². The number of fused-ring (bicyclic) bond motifs is 1. The number of alkyl halides is 1. The molecule has 1 aromatic heterocycles. The third-order valence-corrected chi connectivity index (χ3v) is 5.13. The molecular weight excluding hydrogens is 415 g/mol. The number of hydrogen-bond donors (Lipinski definition) is 0. The van der Waals surface area contributed by atoms with Crippen molar-refractivity contribution in [1.82, 2.24) is 4.57 Å². The average molecular weight is 434 g/mol. The second kappa shape index (κ2) is 7.92. The molecule has 0 bridgehead atoms. The molecule has 0 saturated heterocycles. The number of halogens is 2. The van der Waals surface area contributed by atoms with E-state index in [4.69, 9.17) is 0 Å². The Hall–Kier alpha value is -1.69. The van der Waals surface area contributed by atoms with Crippen molar-refractivity contribution < 1.29 is 9.18 Å². The third kappa shape index (κ3) is 3.53. The smallest absolute Gasteiger partial charge is 0.196 e. The number of carbonyl (C=O) groups excluding carboxylic acids is 1. The molecule has 0 radical (unpaired) electrons. The zero-order chi connectivity index (χ0) is 16.9. The summed E-state index contributed by atoms with van der Waals surface area (Å²) in [5.41, 5.74) is 2.53. The largest absolute Gasteiger partial charge is 0.347 e. The minimum atomic E-state index is -0.261. The Balaban J connectivity index is 1.96. The summed E-state index contributed by atoms with van der Waals surface area (Å²) in [5.74, 6) is 0.0544.